The Morgan fingerprint density at radius 1 is 1.36 bits per heavy atom. The van der Waals surface area contributed by atoms with Gasteiger partial charge in [0.2, 0.25) is 0 Å². The van der Waals surface area contributed by atoms with E-state index in [0.717, 1.165) is 19.0 Å². The van der Waals surface area contributed by atoms with Gasteiger partial charge in [0.25, 0.3) is 0 Å². The van der Waals surface area contributed by atoms with E-state index in [9.17, 15) is 0 Å². The zero-order valence-electron chi connectivity index (χ0n) is 9.87. The number of nitrogens with two attached hydrogens (primary N) is 1. The summed E-state index contributed by atoms with van der Waals surface area (Å²) in [6.45, 7) is 13.6. The molecule has 0 aliphatic carbocycles. The van der Waals surface area contributed by atoms with Gasteiger partial charge in [0.15, 0.2) is 0 Å². The standard InChI is InChI=1S/C11H25N3/c1-10(2)8-13-6-7-14(5-4-12)11(3)9-13/h10-11H,4-9,12H2,1-3H3/t11-/m1/s1. The molecule has 0 bridgehead atoms. The normalized spacial score (nSPS) is 25.9. The molecule has 3 nitrogen and oxygen atoms in total. The molecule has 14 heavy (non-hydrogen) atoms. The molecule has 0 amide bonds. The lowest BCUT2D eigenvalue weighted by Gasteiger charge is -2.40. The van der Waals surface area contributed by atoms with Crippen LogP contribution in [0.25, 0.3) is 0 Å². The van der Waals surface area contributed by atoms with Crippen LogP contribution >= 0.6 is 0 Å². The Labute approximate surface area is 88.2 Å². The highest BCUT2D eigenvalue weighted by molar-refractivity contribution is 4.79. The van der Waals surface area contributed by atoms with Crippen molar-refractivity contribution < 1.29 is 0 Å². The zero-order valence-corrected chi connectivity index (χ0v) is 9.87. The lowest BCUT2D eigenvalue weighted by atomic mass is 10.1. The van der Waals surface area contributed by atoms with Gasteiger partial charge >= 0.3 is 0 Å². The third-order valence-corrected chi connectivity index (χ3v) is 2.89. The minimum absolute atomic E-state index is 0.672. The summed E-state index contributed by atoms with van der Waals surface area (Å²) in [5.74, 6) is 0.781. The Morgan fingerprint density at radius 3 is 2.57 bits per heavy atom. The largest absolute Gasteiger partial charge is 0.329 e. The molecule has 1 saturated heterocycles. The minimum Gasteiger partial charge on any atom is -0.329 e. The number of piperazine rings is 1. The van der Waals surface area contributed by atoms with Gasteiger partial charge in [0.1, 0.15) is 0 Å². The first-order chi connectivity index (χ1) is 6.63. The first kappa shape index (κ1) is 12.0. The maximum atomic E-state index is 5.58. The summed E-state index contributed by atoms with van der Waals surface area (Å²) in [6.07, 6.45) is 0. The fourth-order valence-corrected chi connectivity index (χ4v) is 2.25. The van der Waals surface area contributed by atoms with Gasteiger partial charge in [0, 0.05) is 45.3 Å². The first-order valence-electron chi connectivity index (χ1n) is 5.80. The summed E-state index contributed by atoms with van der Waals surface area (Å²) >= 11 is 0. The van der Waals surface area contributed by atoms with Crippen molar-refractivity contribution in [3.63, 3.8) is 0 Å². The van der Waals surface area contributed by atoms with Crippen LogP contribution in [0.2, 0.25) is 0 Å². The third-order valence-electron chi connectivity index (χ3n) is 2.89. The maximum absolute atomic E-state index is 5.58. The topological polar surface area (TPSA) is 32.5 Å². The van der Waals surface area contributed by atoms with Gasteiger partial charge in [-0.15, -0.1) is 0 Å². The Hall–Kier alpha value is -0.120. The van der Waals surface area contributed by atoms with Crippen molar-refractivity contribution in [2.75, 3.05) is 39.3 Å². The highest BCUT2D eigenvalue weighted by Gasteiger charge is 2.22. The van der Waals surface area contributed by atoms with Gasteiger partial charge < -0.3 is 10.6 Å². The predicted molar refractivity (Wildman–Crippen MR) is 61.4 cm³/mol. The van der Waals surface area contributed by atoms with Crippen LogP contribution in [-0.4, -0.2) is 55.1 Å². The molecule has 2 N–H and O–H groups in total. The van der Waals surface area contributed by atoms with Crippen molar-refractivity contribution in [2.45, 2.75) is 26.8 Å². The molecule has 1 heterocycles. The Balaban J connectivity index is 2.31. The summed E-state index contributed by atoms with van der Waals surface area (Å²) in [5, 5.41) is 0. The van der Waals surface area contributed by atoms with Crippen molar-refractivity contribution in [1.82, 2.24) is 9.80 Å². The van der Waals surface area contributed by atoms with E-state index in [0.29, 0.717) is 6.04 Å². The average Bonchev–Trinajstić information content (AvgIpc) is 2.09. The van der Waals surface area contributed by atoms with Gasteiger partial charge in [0.05, 0.1) is 0 Å². The smallest absolute Gasteiger partial charge is 0.0195 e. The van der Waals surface area contributed by atoms with Gasteiger partial charge in [-0.25, -0.2) is 0 Å². The van der Waals surface area contributed by atoms with E-state index in [-0.39, 0.29) is 0 Å². The van der Waals surface area contributed by atoms with Crippen molar-refractivity contribution in [3.8, 4) is 0 Å². The van der Waals surface area contributed by atoms with E-state index in [1.807, 2.05) is 0 Å². The van der Waals surface area contributed by atoms with Crippen LogP contribution in [0.4, 0.5) is 0 Å². The number of nitrogens with zero attached hydrogens (tertiary/aromatic N) is 2. The zero-order chi connectivity index (χ0) is 10.6. The predicted octanol–water partition coefficient (Wildman–Crippen LogP) is 0.607. The van der Waals surface area contributed by atoms with Gasteiger partial charge in [-0.1, -0.05) is 13.8 Å². The molecular formula is C11H25N3. The molecule has 1 atom stereocenters. The monoisotopic (exact) mass is 199 g/mol. The molecule has 84 valence electrons. The second-order valence-corrected chi connectivity index (χ2v) is 4.83. The highest BCUT2D eigenvalue weighted by atomic mass is 15.3. The van der Waals surface area contributed by atoms with Crippen LogP contribution in [-0.2, 0) is 0 Å². The van der Waals surface area contributed by atoms with Crippen LogP contribution in [0.5, 0.6) is 0 Å². The molecule has 0 radical (unpaired) electrons. The number of hydrogen-bond donors (Lipinski definition) is 1. The lowest BCUT2D eigenvalue weighted by molar-refractivity contribution is 0.0787. The summed E-state index contributed by atoms with van der Waals surface area (Å²) in [7, 11) is 0. The molecule has 1 aliphatic rings. The molecule has 0 saturated carbocycles. The molecule has 1 aliphatic heterocycles. The van der Waals surface area contributed by atoms with E-state index in [1.165, 1.54) is 26.2 Å². The summed E-state index contributed by atoms with van der Waals surface area (Å²) in [6, 6.07) is 0.672. The van der Waals surface area contributed by atoms with Gasteiger partial charge in [-0.05, 0) is 12.8 Å². The molecule has 1 fully saturated rings. The van der Waals surface area contributed by atoms with Crippen molar-refractivity contribution in [2.24, 2.45) is 11.7 Å². The Bertz CT molecular complexity index is 159. The minimum atomic E-state index is 0.672. The SMILES string of the molecule is CC(C)CN1CCN(CCN)[C@H](C)C1. The number of hydrogen-bond acceptors (Lipinski definition) is 3. The van der Waals surface area contributed by atoms with E-state index in [2.05, 4.69) is 30.6 Å². The van der Waals surface area contributed by atoms with E-state index in [1.54, 1.807) is 0 Å². The van der Waals surface area contributed by atoms with Crippen molar-refractivity contribution in [1.29, 1.82) is 0 Å². The number of rotatable bonds is 4. The van der Waals surface area contributed by atoms with Crippen LogP contribution < -0.4 is 5.73 Å². The van der Waals surface area contributed by atoms with Crippen LogP contribution in [0.15, 0.2) is 0 Å². The summed E-state index contributed by atoms with van der Waals surface area (Å²) in [4.78, 5) is 5.07. The van der Waals surface area contributed by atoms with Gasteiger partial charge in [-0.2, -0.15) is 0 Å². The quantitative estimate of drug-likeness (QED) is 0.720. The molecular weight excluding hydrogens is 174 g/mol. The molecule has 1 rings (SSSR count). The molecule has 0 unspecified atom stereocenters. The highest BCUT2D eigenvalue weighted by Crippen LogP contribution is 2.10. The van der Waals surface area contributed by atoms with Crippen LogP contribution in [0.1, 0.15) is 20.8 Å². The molecule has 0 aromatic carbocycles. The molecule has 3 heteroatoms. The average molecular weight is 199 g/mol. The second-order valence-electron chi connectivity index (χ2n) is 4.83. The van der Waals surface area contributed by atoms with E-state index < -0.39 is 0 Å². The lowest BCUT2D eigenvalue weighted by Crippen LogP contribution is -2.53. The van der Waals surface area contributed by atoms with E-state index >= 15 is 0 Å². The maximum Gasteiger partial charge on any atom is 0.0195 e. The summed E-state index contributed by atoms with van der Waals surface area (Å²) in [5.41, 5.74) is 5.58. The molecule has 0 spiro atoms. The fourth-order valence-electron chi connectivity index (χ4n) is 2.25. The third kappa shape index (κ3) is 3.56. The fraction of sp³-hybridized carbons (Fsp3) is 1.00. The molecule has 0 aromatic heterocycles. The Morgan fingerprint density at radius 2 is 2.07 bits per heavy atom. The van der Waals surface area contributed by atoms with Gasteiger partial charge in [-0.3, -0.25) is 4.90 Å². The first-order valence-corrected chi connectivity index (χ1v) is 5.80. The second kappa shape index (κ2) is 5.69. The Kier molecular flexibility index (Phi) is 4.85. The van der Waals surface area contributed by atoms with Crippen molar-refractivity contribution in [3.05, 3.63) is 0 Å². The van der Waals surface area contributed by atoms with E-state index in [4.69, 9.17) is 5.73 Å². The summed E-state index contributed by atoms with van der Waals surface area (Å²) < 4.78 is 0. The van der Waals surface area contributed by atoms with Crippen LogP contribution in [0, 0.1) is 5.92 Å². The van der Waals surface area contributed by atoms with Crippen molar-refractivity contribution >= 4 is 0 Å². The van der Waals surface area contributed by atoms with Crippen LogP contribution in [0.3, 0.4) is 0 Å². The molecule has 0 aromatic rings.